The summed E-state index contributed by atoms with van der Waals surface area (Å²) in [5, 5.41) is 8.83. The molecule has 0 saturated heterocycles. The number of hydrogen-bond donors (Lipinski definition) is 0. The molecule has 1 atom stereocenters. The number of hydrogen-bond acceptors (Lipinski definition) is 2. The lowest BCUT2D eigenvalue weighted by molar-refractivity contribution is 0.718. The molecule has 0 spiro atoms. The second-order valence-corrected chi connectivity index (χ2v) is 4.05. The third-order valence-corrected chi connectivity index (χ3v) is 2.86. The normalized spacial score (nSPS) is 18.5. The Bertz CT molecular complexity index is 552. The average Bonchev–Trinajstić information content (AvgIpc) is 2.90. The van der Waals surface area contributed by atoms with Crippen molar-refractivity contribution in [3.63, 3.8) is 0 Å². The molecule has 17 heavy (non-hydrogen) atoms. The third-order valence-electron chi connectivity index (χ3n) is 2.86. The molecule has 3 rings (SSSR count). The summed E-state index contributed by atoms with van der Waals surface area (Å²) in [7, 11) is 0. The lowest BCUT2D eigenvalue weighted by atomic mass is 9.98. The van der Waals surface area contributed by atoms with Crippen molar-refractivity contribution in [3.05, 3.63) is 66.5 Å². The summed E-state index contributed by atoms with van der Waals surface area (Å²) in [4.78, 5) is 1.68. The minimum Gasteiger partial charge on any atom is -0.157 e. The number of rotatable bonds is 2. The molecule has 0 fully saturated rings. The van der Waals surface area contributed by atoms with Crippen molar-refractivity contribution in [1.82, 2.24) is 15.0 Å². The van der Waals surface area contributed by atoms with Crippen LogP contribution in [0.25, 0.3) is 5.69 Å². The van der Waals surface area contributed by atoms with Crippen LogP contribution in [0.3, 0.4) is 0 Å². The number of aromatic nitrogens is 3. The highest BCUT2D eigenvalue weighted by Gasteiger charge is 2.12. The fraction of sp³-hybridized carbons (Fsp3) is 0.143. The van der Waals surface area contributed by atoms with E-state index in [0.717, 1.165) is 17.8 Å². The molecule has 2 aromatic rings. The van der Waals surface area contributed by atoms with Gasteiger partial charge in [-0.2, -0.15) is 15.0 Å². The summed E-state index contributed by atoms with van der Waals surface area (Å²) >= 11 is 0. The lowest BCUT2D eigenvalue weighted by Crippen LogP contribution is -2.01. The molecule has 1 aromatic carbocycles. The van der Waals surface area contributed by atoms with Crippen LogP contribution in [0.4, 0.5) is 0 Å². The molecule has 0 bridgehead atoms. The van der Waals surface area contributed by atoms with E-state index in [1.165, 1.54) is 0 Å². The first kappa shape index (κ1) is 10.0. The zero-order valence-electron chi connectivity index (χ0n) is 9.40. The Hall–Kier alpha value is -2.16. The predicted octanol–water partition coefficient (Wildman–Crippen LogP) is 2.87. The van der Waals surface area contributed by atoms with Crippen molar-refractivity contribution in [2.45, 2.75) is 12.3 Å². The molecule has 1 aromatic heterocycles. The quantitative estimate of drug-likeness (QED) is 0.783. The van der Waals surface area contributed by atoms with Crippen molar-refractivity contribution in [3.8, 4) is 5.69 Å². The number of allylic oxidation sites excluding steroid dienone is 4. The molecule has 3 heteroatoms. The van der Waals surface area contributed by atoms with E-state index in [4.69, 9.17) is 0 Å². The monoisotopic (exact) mass is 223 g/mol. The van der Waals surface area contributed by atoms with E-state index in [1.54, 1.807) is 4.80 Å². The van der Waals surface area contributed by atoms with E-state index in [2.05, 4.69) is 34.5 Å². The summed E-state index contributed by atoms with van der Waals surface area (Å²) < 4.78 is 0. The van der Waals surface area contributed by atoms with Gasteiger partial charge in [-0.15, -0.1) is 0 Å². The molecule has 1 aliphatic carbocycles. The molecule has 84 valence electrons. The first-order valence-electron chi connectivity index (χ1n) is 5.74. The SMILES string of the molecule is C1=CCC(c2cnn(-c3ccccc3)n2)C=C1. The van der Waals surface area contributed by atoms with Crippen LogP contribution in [0, 0.1) is 0 Å². The zero-order chi connectivity index (χ0) is 11.5. The van der Waals surface area contributed by atoms with Gasteiger partial charge in [-0.3, -0.25) is 0 Å². The Morgan fingerprint density at radius 3 is 2.76 bits per heavy atom. The molecule has 0 N–H and O–H groups in total. The van der Waals surface area contributed by atoms with Crippen LogP contribution in [0.2, 0.25) is 0 Å². The van der Waals surface area contributed by atoms with E-state index in [1.807, 2.05) is 36.5 Å². The first-order valence-corrected chi connectivity index (χ1v) is 5.74. The third kappa shape index (κ3) is 2.04. The maximum Gasteiger partial charge on any atom is 0.0903 e. The van der Waals surface area contributed by atoms with Crippen LogP contribution < -0.4 is 0 Å². The van der Waals surface area contributed by atoms with Crippen LogP contribution in [0.1, 0.15) is 18.0 Å². The summed E-state index contributed by atoms with van der Waals surface area (Å²) in [6, 6.07) is 9.96. The van der Waals surface area contributed by atoms with Gasteiger partial charge in [0, 0.05) is 5.92 Å². The number of para-hydroxylation sites is 1. The van der Waals surface area contributed by atoms with Crippen LogP contribution in [-0.2, 0) is 0 Å². The zero-order valence-corrected chi connectivity index (χ0v) is 9.40. The molecule has 1 unspecified atom stereocenters. The largest absolute Gasteiger partial charge is 0.157 e. The minimum absolute atomic E-state index is 0.359. The standard InChI is InChI=1S/C14H13N3/c1-3-7-12(8-4-1)14-11-15-17(16-14)13-9-5-2-6-10-13/h1-7,9-12H,8H2. The Morgan fingerprint density at radius 2 is 2.00 bits per heavy atom. The number of benzene rings is 1. The maximum atomic E-state index is 4.52. The van der Waals surface area contributed by atoms with Gasteiger partial charge >= 0.3 is 0 Å². The van der Waals surface area contributed by atoms with E-state index in [0.29, 0.717) is 5.92 Å². The Morgan fingerprint density at radius 1 is 1.12 bits per heavy atom. The van der Waals surface area contributed by atoms with Crippen LogP contribution in [0.15, 0.2) is 60.8 Å². The van der Waals surface area contributed by atoms with Crippen molar-refractivity contribution >= 4 is 0 Å². The smallest absolute Gasteiger partial charge is 0.0903 e. The van der Waals surface area contributed by atoms with Gasteiger partial charge in [0.05, 0.1) is 17.6 Å². The van der Waals surface area contributed by atoms with Gasteiger partial charge < -0.3 is 0 Å². The highest BCUT2D eigenvalue weighted by Crippen LogP contribution is 2.22. The van der Waals surface area contributed by atoms with Gasteiger partial charge in [0.2, 0.25) is 0 Å². The summed E-state index contributed by atoms with van der Waals surface area (Å²) in [5.41, 5.74) is 2.02. The highest BCUT2D eigenvalue weighted by atomic mass is 15.5. The van der Waals surface area contributed by atoms with Crippen LogP contribution >= 0.6 is 0 Å². The first-order chi connectivity index (χ1) is 8.43. The van der Waals surface area contributed by atoms with Gasteiger partial charge in [0.1, 0.15) is 0 Å². The summed E-state index contributed by atoms with van der Waals surface area (Å²) in [6.07, 6.45) is 11.3. The fourth-order valence-corrected chi connectivity index (χ4v) is 1.93. The molecular weight excluding hydrogens is 210 g/mol. The minimum atomic E-state index is 0.359. The molecule has 0 amide bonds. The van der Waals surface area contributed by atoms with Crippen molar-refractivity contribution < 1.29 is 0 Å². The van der Waals surface area contributed by atoms with E-state index >= 15 is 0 Å². The van der Waals surface area contributed by atoms with Crippen molar-refractivity contribution in [2.75, 3.05) is 0 Å². The lowest BCUT2D eigenvalue weighted by Gasteiger charge is -2.08. The van der Waals surface area contributed by atoms with Gasteiger partial charge in [0.15, 0.2) is 0 Å². The van der Waals surface area contributed by atoms with E-state index in [-0.39, 0.29) is 0 Å². The van der Waals surface area contributed by atoms with Crippen LogP contribution in [0.5, 0.6) is 0 Å². The van der Waals surface area contributed by atoms with Crippen LogP contribution in [-0.4, -0.2) is 15.0 Å². The summed E-state index contributed by atoms with van der Waals surface area (Å²) in [5.74, 6) is 0.359. The van der Waals surface area contributed by atoms with Crippen molar-refractivity contribution in [2.24, 2.45) is 0 Å². The Labute approximate surface area is 100 Å². The molecule has 1 aliphatic rings. The van der Waals surface area contributed by atoms with Gasteiger partial charge in [-0.25, -0.2) is 0 Å². The molecule has 1 heterocycles. The Kier molecular flexibility index (Phi) is 2.58. The molecule has 3 nitrogen and oxygen atoms in total. The van der Waals surface area contributed by atoms with Gasteiger partial charge in [-0.1, -0.05) is 42.5 Å². The molecule has 0 aliphatic heterocycles. The average molecular weight is 223 g/mol. The fourth-order valence-electron chi connectivity index (χ4n) is 1.93. The second kappa shape index (κ2) is 4.37. The van der Waals surface area contributed by atoms with Crippen molar-refractivity contribution in [1.29, 1.82) is 0 Å². The van der Waals surface area contributed by atoms with E-state index < -0.39 is 0 Å². The topological polar surface area (TPSA) is 30.7 Å². The number of nitrogens with zero attached hydrogens (tertiary/aromatic N) is 3. The van der Waals surface area contributed by atoms with Gasteiger partial charge in [0.25, 0.3) is 0 Å². The molecule has 0 saturated carbocycles. The molecule has 0 radical (unpaired) electrons. The predicted molar refractivity (Wildman–Crippen MR) is 67.0 cm³/mol. The maximum absolute atomic E-state index is 4.52. The highest BCUT2D eigenvalue weighted by molar-refractivity contribution is 5.29. The van der Waals surface area contributed by atoms with Gasteiger partial charge in [-0.05, 0) is 18.6 Å². The molecular formula is C14H13N3. The summed E-state index contributed by atoms with van der Waals surface area (Å²) in [6.45, 7) is 0. The Balaban J connectivity index is 1.88. The van der Waals surface area contributed by atoms with E-state index in [9.17, 15) is 0 Å². The second-order valence-electron chi connectivity index (χ2n) is 4.05.